The summed E-state index contributed by atoms with van der Waals surface area (Å²) in [5.41, 5.74) is 2.49. The van der Waals surface area contributed by atoms with Gasteiger partial charge in [0.2, 0.25) is 6.79 Å². The second kappa shape index (κ2) is 9.38. The van der Waals surface area contributed by atoms with Crippen LogP contribution in [-0.2, 0) is 12.8 Å². The monoisotopic (exact) mass is 422 g/mol. The zero-order valence-corrected chi connectivity index (χ0v) is 17.1. The third-order valence-corrected chi connectivity index (χ3v) is 5.00. The van der Waals surface area contributed by atoms with E-state index in [1.54, 1.807) is 31.4 Å². The van der Waals surface area contributed by atoms with Crippen molar-refractivity contribution >= 4 is 11.7 Å². The Morgan fingerprint density at radius 3 is 2.52 bits per heavy atom. The maximum atomic E-state index is 13.3. The second-order valence-corrected chi connectivity index (χ2v) is 7.22. The van der Waals surface area contributed by atoms with Crippen molar-refractivity contribution in [2.24, 2.45) is 0 Å². The van der Waals surface area contributed by atoms with Crippen LogP contribution in [0.2, 0.25) is 0 Å². The summed E-state index contributed by atoms with van der Waals surface area (Å²) in [4.78, 5) is 12.7. The number of anilines is 1. The highest BCUT2D eigenvalue weighted by molar-refractivity contribution is 5.91. The quantitative estimate of drug-likeness (QED) is 0.587. The first-order valence-corrected chi connectivity index (χ1v) is 9.94. The van der Waals surface area contributed by atoms with Crippen LogP contribution in [0.25, 0.3) is 0 Å². The molecule has 0 saturated carbocycles. The molecule has 1 atom stereocenters. The second-order valence-electron chi connectivity index (χ2n) is 7.22. The Hall–Kier alpha value is -3.74. The van der Waals surface area contributed by atoms with E-state index in [0.29, 0.717) is 35.8 Å². The molecule has 0 aliphatic carbocycles. The van der Waals surface area contributed by atoms with Crippen molar-refractivity contribution in [3.63, 3.8) is 0 Å². The predicted octanol–water partition coefficient (Wildman–Crippen LogP) is 4.54. The first kappa shape index (κ1) is 20.5. The summed E-state index contributed by atoms with van der Waals surface area (Å²) in [7, 11) is 1.55. The lowest BCUT2D eigenvalue weighted by Gasteiger charge is -2.20. The van der Waals surface area contributed by atoms with Gasteiger partial charge in [0.15, 0.2) is 11.5 Å². The van der Waals surface area contributed by atoms with Crippen molar-refractivity contribution in [1.82, 2.24) is 5.32 Å². The molecule has 31 heavy (non-hydrogen) atoms. The van der Waals surface area contributed by atoms with E-state index >= 15 is 0 Å². The molecule has 1 aliphatic rings. The van der Waals surface area contributed by atoms with Crippen LogP contribution >= 0.6 is 0 Å². The largest absolute Gasteiger partial charge is 0.495 e. The van der Waals surface area contributed by atoms with E-state index in [2.05, 4.69) is 10.6 Å². The fourth-order valence-corrected chi connectivity index (χ4v) is 3.52. The summed E-state index contributed by atoms with van der Waals surface area (Å²) in [6.07, 6.45) is 1.10. The molecule has 0 saturated heterocycles. The van der Waals surface area contributed by atoms with E-state index in [-0.39, 0.29) is 24.7 Å². The number of para-hydroxylation sites is 2. The molecule has 0 spiro atoms. The number of amides is 2. The van der Waals surface area contributed by atoms with Gasteiger partial charge in [-0.15, -0.1) is 0 Å². The highest BCUT2D eigenvalue weighted by atomic mass is 19.1. The van der Waals surface area contributed by atoms with Gasteiger partial charge < -0.3 is 24.8 Å². The normalized spacial score (nSPS) is 12.8. The Morgan fingerprint density at radius 2 is 1.71 bits per heavy atom. The Labute approximate surface area is 179 Å². The summed E-state index contributed by atoms with van der Waals surface area (Å²) in [5, 5.41) is 5.86. The van der Waals surface area contributed by atoms with Crippen LogP contribution in [0.15, 0.2) is 66.7 Å². The van der Waals surface area contributed by atoms with Gasteiger partial charge in [0.05, 0.1) is 12.8 Å². The van der Waals surface area contributed by atoms with Crippen LogP contribution in [0.5, 0.6) is 17.2 Å². The van der Waals surface area contributed by atoms with Gasteiger partial charge in [0.25, 0.3) is 0 Å². The van der Waals surface area contributed by atoms with Gasteiger partial charge >= 0.3 is 6.03 Å². The first-order valence-electron chi connectivity index (χ1n) is 9.94. The molecule has 0 bridgehead atoms. The fourth-order valence-electron chi connectivity index (χ4n) is 3.52. The molecule has 0 radical (unpaired) electrons. The number of ether oxygens (including phenoxy) is 3. The van der Waals surface area contributed by atoms with Gasteiger partial charge in [-0.2, -0.15) is 0 Å². The third kappa shape index (κ3) is 5.25. The lowest BCUT2D eigenvalue weighted by atomic mass is 9.98. The number of rotatable bonds is 7. The number of hydrogen-bond donors (Lipinski definition) is 2. The van der Waals surface area contributed by atoms with E-state index in [1.165, 1.54) is 12.1 Å². The summed E-state index contributed by atoms with van der Waals surface area (Å²) >= 11 is 0. The highest BCUT2D eigenvalue weighted by Gasteiger charge is 2.18. The maximum absolute atomic E-state index is 13.3. The minimum atomic E-state index is -0.350. The van der Waals surface area contributed by atoms with Crippen molar-refractivity contribution < 1.29 is 23.4 Å². The number of urea groups is 1. The van der Waals surface area contributed by atoms with E-state index in [1.807, 2.05) is 30.3 Å². The molecule has 0 aromatic heterocycles. The van der Waals surface area contributed by atoms with Crippen molar-refractivity contribution in [2.75, 3.05) is 19.2 Å². The molecule has 1 heterocycles. The first-order chi connectivity index (χ1) is 15.1. The number of hydrogen-bond acceptors (Lipinski definition) is 4. The van der Waals surface area contributed by atoms with Gasteiger partial charge in [0, 0.05) is 6.04 Å². The molecule has 0 unspecified atom stereocenters. The lowest BCUT2D eigenvalue weighted by molar-refractivity contribution is 0.174. The van der Waals surface area contributed by atoms with Crippen LogP contribution in [-0.4, -0.2) is 26.0 Å². The molecule has 2 N–H and O–H groups in total. The smallest absolute Gasteiger partial charge is 0.319 e. The standard InChI is InChI=1S/C24H23FN2O4/c1-29-21-5-3-2-4-20(21)27-24(28)26-19(12-16-6-9-18(25)10-7-16)13-17-8-11-22-23(14-17)31-15-30-22/h2-11,14,19H,12-13,15H2,1H3,(H2,26,27,28)/t19-/m1/s1. The molecule has 4 rings (SSSR count). The van der Waals surface area contributed by atoms with Crippen molar-refractivity contribution in [2.45, 2.75) is 18.9 Å². The Balaban J connectivity index is 1.49. The van der Waals surface area contributed by atoms with E-state index in [0.717, 1.165) is 11.1 Å². The number of fused-ring (bicyclic) bond motifs is 1. The fraction of sp³-hybridized carbons (Fsp3) is 0.208. The predicted molar refractivity (Wildman–Crippen MR) is 115 cm³/mol. The minimum Gasteiger partial charge on any atom is -0.495 e. The Bertz CT molecular complexity index is 1060. The third-order valence-electron chi connectivity index (χ3n) is 5.00. The van der Waals surface area contributed by atoms with E-state index in [9.17, 15) is 9.18 Å². The number of nitrogens with one attached hydrogen (secondary N) is 2. The van der Waals surface area contributed by atoms with Crippen LogP contribution in [0.3, 0.4) is 0 Å². The summed E-state index contributed by atoms with van der Waals surface area (Å²) in [6, 6.07) is 18.6. The number of methoxy groups -OCH3 is 1. The Morgan fingerprint density at radius 1 is 1.00 bits per heavy atom. The number of halogens is 1. The number of carbonyl (C=O) groups excluding carboxylic acids is 1. The maximum Gasteiger partial charge on any atom is 0.319 e. The average Bonchev–Trinajstić information content (AvgIpc) is 3.23. The summed E-state index contributed by atoms with van der Waals surface area (Å²) < 4.78 is 29.4. The van der Waals surface area contributed by atoms with Crippen LogP contribution in [0.1, 0.15) is 11.1 Å². The van der Waals surface area contributed by atoms with Gasteiger partial charge in [-0.05, 0) is 60.4 Å². The number of carbonyl (C=O) groups is 1. The molecule has 2 amide bonds. The van der Waals surface area contributed by atoms with E-state index in [4.69, 9.17) is 14.2 Å². The molecule has 0 fully saturated rings. The molecule has 6 nitrogen and oxygen atoms in total. The molecule has 7 heteroatoms. The van der Waals surface area contributed by atoms with Gasteiger partial charge in [-0.1, -0.05) is 30.3 Å². The zero-order valence-electron chi connectivity index (χ0n) is 17.1. The average molecular weight is 422 g/mol. The van der Waals surface area contributed by atoms with Gasteiger partial charge in [-0.3, -0.25) is 0 Å². The Kier molecular flexibility index (Phi) is 6.21. The molecule has 1 aliphatic heterocycles. The van der Waals surface area contributed by atoms with Crippen LogP contribution in [0, 0.1) is 5.82 Å². The zero-order chi connectivity index (χ0) is 21.6. The van der Waals surface area contributed by atoms with E-state index < -0.39 is 0 Å². The molecular formula is C24H23FN2O4. The number of benzene rings is 3. The lowest BCUT2D eigenvalue weighted by Crippen LogP contribution is -2.40. The van der Waals surface area contributed by atoms with Crippen molar-refractivity contribution in [1.29, 1.82) is 0 Å². The van der Waals surface area contributed by atoms with Gasteiger partial charge in [0.1, 0.15) is 11.6 Å². The van der Waals surface area contributed by atoms with Crippen molar-refractivity contribution in [3.05, 3.63) is 83.7 Å². The molecule has 3 aromatic rings. The topological polar surface area (TPSA) is 68.8 Å². The van der Waals surface area contributed by atoms with Crippen molar-refractivity contribution in [3.8, 4) is 17.2 Å². The summed E-state index contributed by atoms with van der Waals surface area (Å²) in [5.74, 6) is 1.68. The molecule has 3 aromatic carbocycles. The molecular weight excluding hydrogens is 399 g/mol. The molecule has 160 valence electrons. The SMILES string of the molecule is COc1ccccc1NC(=O)N[C@H](Cc1ccc(F)cc1)Cc1ccc2c(c1)OCO2. The van der Waals surface area contributed by atoms with Gasteiger partial charge in [-0.25, -0.2) is 9.18 Å². The minimum absolute atomic E-state index is 0.206. The highest BCUT2D eigenvalue weighted by Crippen LogP contribution is 2.33. The van der Waals surface area contributed by atoms with Crippen LogP contribution < -0.4 is 24.8 Å². The summed E-state index contributed by atoms with van der Waals surface area (Å²) in [6.45, 7) is 0.206. The van der Waals surface area contributed by atoms with Crippen LogP contribution in [0.4, 0.5) is 14.9 Å².